The Labute approximate surface area is 138 Å². The average molecular weight is 325 g/mol. The van der Waals surface area contributed by atoms with Gasteiger partial charge in [0.1, 0.15) is 6.04 Å². The number of benzene rings is 2. The van der Waals surface area contributed by atoms with E-state index in [4.69, 9.17) is 9.47 Å². The van der Waals surface area contributed by atoms with Gasteiger partial charge in [-0.05, 0) is 23.3 Å². The standard InChI is InChI=1S/C18H15NO5/c20-17(13-6-3-7-15-16(13)24-10-23-15)19-9-12-5-2-1-4-11(12)8-14(19)18(21)22/h1-7,14H,8-10H2,(H,21,22)/t14-/m1/s1. The Balaban J connectivity index is 1.73. The Hall–Kier alpha value is -3.02. The molecule has 0 saturated carbocycles. The smallest absolute Gasteiger partial charge is 0.326 e. The van der Waals surface area contributed by atoms with Crippen molar-refractivity contribution in [1.82, 2.24) is 4.90 Å². The summed E-state index contributed by atoms with van der Waals surface area (Å²) in [6.07, 6.45) is 0.295. The Morgan fingerprint density at radius 2 is 1.83 bits per heavy atom. The van der Waals surface area contributed by atoms with Gasteiger partial charge in [-0.2, -0.15) is 0 Å². The summed E-state index contributed by atoms with van der Waals surface area (Å²) in [5.41, 5.74) is 2.26. The highest BCUT2D eigenvalue weighted by atomic mass is 16.7. The maximum atomic E-state index is 13.0. The van der Waals surface area contributed by atoms with Gasteiger partial charge < -0.3 is 19.5 Å². The highest BCUT2D eigenvalue weighted by Gasteiger charge is 2.36. The van der Waals surface area contributed by atoms with Crippen LogP contribution in [0, 0.1) is 0 Å². The quantitative estimate of drug-likeness (QED) is 0.915. The second-order valence-corrected chi connectivity index (χ2v) is 5.80. The zero-order valence-corrected chi connectivity index (χ0v) is 12.8. The molecule has 6 nitrogen and oxygen atoms in total. The molecule has 122 valence electrons. The van der Waals surface area contributed by atoms with E-state index in [9.17, 15) is 14.7 Å². The molecule has 1 amide bonds. The number of para-hydroxylation sites is 1. The number of carbonyl (C=O) groups is 2. The molecule has 0 aromatic heterocycles. The van der Waals surface area contributed by atoms with Crippen LogP contribution in [0.1, 0.15) is 21.5 Å². The lowest BCUT2D eigenvalue weighted by Crippen LogP contribution is -2.48. The van der Waals surface area contributed by atoms with Gasteiger partial charge in [-0.25, -0.2) is 4.79 Å². The van der Waals surface area contributed by atoms with E-state index in [1.165, 1.54) is 4.90 Å². The Bertz CT molecular complexity index is 832. The van der Waals surface area contributed by atoms with Gasteiger partial charge in [0.25, 0.3) is 5.91 Å². The third-order valence-corrected chi connectivity index (χ3v) is 4.42. The maximum Gasteiger partial charge on any atom is 0.326 e. The third kappa shape index (κ3) is 2.27. The fourth-order valence-electron chi connectivity index (χ4n) is 3.21. The first kappa shape index (κ1) is 14.6. The van der Waals surface area contributed by atoms with E-state index in [-0.39, 0.29) is 19.2 Å². The molecule has 1 atom stereocenters. The molecule has 4 rings (SSSR count). The summed E-state index contributed by atoms with van der Waals surface area (Å²) in [4.78, 5) is 26.1. The monoisotopic (exact) mass is 325 g/mol. The van der Waals surface area contributed by atoms with Crippen molar-refractivity contribution in [2.75, 3.05) is 6.79 Å². The zero-order valence-electron chi connectivity index (χ0n) is 12.8. The first-order valence-electron chi connectivity index (χ1n) is 7.64. The molecule has 0 aliphatic carbocycles. The average Bonchev–Trinajstić information content (AvgIpc) is 3.08. The predicted octanol–water partition coefficient (Wildman–Crippen LogP) is 2.07. The number of nitrogens with zero attached hydrogens (tertiary/aromatic N) is 1. The van der Waals surface area contributed by atoms with Crippen molar-refractivity contribution in [2.24, 2.45) is 0 Å². The molecule has 0 saturated heterocycles. The number of fused-ring (bicyclic) bond motifs is 2. The van der Waals surface area contributed by atoms with Crippen LogP contribution in [0.3, 0.4) is 0 Å². The minimum Gasteiger partial charge on any atom is -0.480 e. The number of carboxylic acids is 1. The first-order valence-corrected chi connectivity index (χ1v) is 7.64. The van der Waals surface area contributed by atoms with E-state index in [0.29, 0.717) is 23.5 Å². The molecule has 2 aliphatic rings. The molecule has 0 spiro atoms. The predicted molar refractivity (Wildman–Crippen MR) is 84.0 cm³/mol. The van der Waals surface area contributed by atoms with Crippen LogP contribution < -0.4 is 9.47 Å². The van der Waals surface area contributed by atoms with Gasteiger partial charge >= 0.3 is 5.97 Å². The van der Waals surface area contributed by atoms with E-state index in [2.05, 4.69) is 0 Å². The molecule has 6 heteroatoms. The van der Waals surface area contributed by atoms with Gasteiger partial charge in [-0.3, -0.25) is 4.79 Å². The van der Waals surface area contributed by atoms with Gasteiger partial charge in [-0.15, -0.1) is 0 Å². The Morgan fingerprint density at radius 1 is 1.04 bits per heavy atom. The SMILES string of the molecule is O=C(O)[C@H]1Cc2ccccc2CN1C(=O)c1cccc2c1OCO2. The fraction of sp³-hybridized carbons (Fsp3) is 0.222. The van der Waals surface area contributed by atoms with Crippen LogP contribution in [0.5, 0.6) is 11.5 Å². The molecular formula is C18H15NO5. The van der Waals surface area contributed by atoms with Crippen LogP contribution in [0.25, 0.3) is 0 Å². The highest BCUT2D eigenvalue weighted by molar-refractivity contribution is 6.00. The van der Waals surface area contributed by atoms with Crippen LogP contribution in [0.15, 0.2) is 42.5 Å². The number of carbonyl (C=O) groups excluding carboxylic acids is 1. The van der Waals surface area contributed by atoms with Crippen molar-refractivity contribution in [1.29, 1.82) is 0 Å². The highest BCUT2D eigenvalue weighted by Crippen LogP contribution is 2.37. The van der Waals surface area contributed by atoms with Crippen molar-refractivity contribution >= 4 is 11.9 Å². The summed E-state index contributed by atoms with van der Waals surface area (Å²) in [5, 5.41) is 9.57. The number of amides is 1. The van der Waals surface area contributed by atoms with E-state index in [1.807, 2.05) is 24.3 Å². The summed E-state index contributed by atoms with van der Waals surface area (Å²) in [6.45, 7) is 0.321. The van der Waals surface area contributed by atoms with Gasteiger partial charge in [0.2, 0.25) is 6.79 Å². The number of hydrogen-bond acceptors (Lipinski definition) is 4. The van der Waals surface area contributed by atoms with Gasteiger partial charge in [-0.1, -0.05) is 30.3 Å². The van der Waals surface area contributed by atoms with Gasteiger partial charge in [0.15, 0.2) is 11.5 Å². The summed E-state index contributed by atoms with van der Waals surface area (Å²) in [5.74, 6) is -0.488. The molecule has 2 aromatic carbocycles. The first-order chi connectivity index (χ1) is 11.6. The van der Waals surface area contributed by atoms with E-state index in [1.54, 1.807) is 18.2 Å². The van der Waals surface area contributed by atoms with Crippen LogP contribution >= 0.6 is 0 Å². The van der Waals surface area contributed by atoms with Crippen molar-refractivity contribution in [2.45, 2.75) is 19.0 Å². The van der Waals surface area contributed by atoms with Crippen LogP contribution in [-0.4, -0.2) is 34.7 Å². The Kier molecular flexibility index (Phi) is 3.37. The Morgan fingerprint density at radius 3 is 2.62 bits per heavy atom. The molecule has 24 heavy (non-hydrogen) atoms. The van der Waals surface area contributed by atoms with Crippen molar-refractivity contribution in [3.8, 4) is 11.5 Å². The summed E-state index contributed by atoms with van der Waals surface area (Å²) < 4.78 is 10.7. The molecule has 1 N–H and O–H groups in total. The largest absolute Gasteiger partial charge is 0.480 e. The lowest BCUT2D eigenvalue weighted by atomic mass is 9.93. The molecule has 0 bridgehead atoms. The van der Waals surface area contributed by atoms with Gasteiger partial charge in [0, 0.05) is 13.0 Å². The minimum absolute atomic E-state index is 0.0603. The topological polar surface area (TPSA) is 76.1 Å². The molecule has 0 radical (unpaired) electrons. The lowest BCUT2D eigenvalue weighted by Gasteiger charge is -2.34. The summed E-state index contributed by atoms with van der Waals surface area (Å²) in [7, 11) is 0. The minimum atomic E-state index is -1.01. The summed E-state index contributed by atoms with van der Waals surface area (Å²) in [6, 6.07) is 11.8. The molecular weight excluding hydrogens is 310 g/mol. The fourth-order valence-corrected chi connectivity index (χ4v) is 3.21. The van der Waals surface area contributed by atoms with Crippen molar-refractivity contribution < 1.29 is 24.2 Å². The lowest BCUT2D eigenvalue weighted by molar-refractivity contribution is -0.142. The van der Waals surface area contributed by atoms with Gasteiger partial charge in [0.05, 0.1) is 5.56 Å². The second kappa shape index (κ2) is 5.56. The van der Waals surface area contributed by atoms with Crippen LogP contribution in [0.4, 0.5) is 0 Å². The third-order valence-electron chi connectivity index (χ3n) is 4.42. The van der Waals surface area contributed by atoms with E-state index in [0.717, 1.165) is 11.1 Å². The zero-order chi connectivity index (χ0) is 16.7. The normalized spacial score (nSPS) is 18.2. The van der Waals surface area contributed by atoms with Crippen LogP contribution in [-0.2, 0) is 17.8 Å². The number of aliphatic carboxylic acids is 1. The van der Waals surface area contributed by atoms with E-state index >= 15 is 0 Å². The molecule has 2 aliphatic heterocycles. The molecule has 2 heterocycles. The second-order valence-electron chi connectivity index (χ2n) is 5.80. The number of rotatable bonds is 2. The number of hydrogen-bond donors (Lipinski definition) is 1. The van der Waals surface area contributed by atoms with E-state index < -0.39 is 12.0 Å². The van der Waals surface area contributed by atoms with Crippen LogP contribution in [0.2, 0.25) is 0 Å². The summed E-state index contributed by atoms with van der Waals surface area (Å²) >= 11 is 0. The number of carboxylic acid groups (broad SMARTS) is 1. The van der Waals surface area contributed by atoms with Crippen molar-refractivity contribution in [3.63, 3.8) is 0 Å². The van der Waals surface area contributed by atoms with Crippen molar-refractivity contribution in [3.05, 3.63) is 59.2 Å². The molecule has 0 fully saturated rings. The molecule has 2 aromatic rings. The maximum absolute atomic E-state index is 13.0. The molecule has 0 unspecified atom stereocenters. The number of ether oxygens (including phenoxy) is 2.